The average Bonchev–Trinajstić information content (AvgIpc) is 2.53. The van der Waals surface area contributed by atoms with Crippen molar-refractivity contribution < 1.29 is 19.5 Å². The Hall–Kier alpha value is -2.02. The van der Waals surface area contributed by atoms with Crippen LogP contribution >= 0.6 is 11.8 Å². The second-order valence-corrected chi connectivity index (χ2v) is 7.18. The highest BCUT2D eigenvalue weighted by molar-refractivity contribution is 7.99. The first-order valence-corrected chi connectivity index (χ1v) is 9.05. The molecule has 0 bridgehead atoms. The first-order valence-electron chi connectivity index (χ1n) is 7.90. The van der Waals surface area contributed by atoms with E-state index in [0.717, 1.165) is 5.75 Å². The molecule has 7 heteroatoms. The molecule has 130 valence electrons. The van der Waals surface area contributed by atoms with Crippen LogP contribution in [-0.2, 0) is 4.79 Å². The van der Waals surface area contributed by atoms with Crippen molar-refractivity contribution in [2.24, 2.45) is 0 Å². The fourth-order valence-corrected chi connectivity index (χ4v) is 3.63. The van der Waals surface area contributed by atoms with E-state index < -0.39 is 5.97 Å². The number of carboxylic acids is 1. The molecule has 0 aliphatic carbocycles. The Morgan fingerprint density at radius 2 is 1.88 bits per heavy atom. The van der Waals surface area contributed by atoms with E-state index in [2.05, 4.69) is 5.32 Å². The van der Waals surface area contributed by atoms with Gasteiger partial charge in [-0.15, -0.1) is 0 Å². The molecule has 0 saturated carbocycles. The zero-order valence-electron chi connectivity index (χ0n) is 13.8. The van der Waals surface area contributed by atoms with E-state index in [1.807, 2.05) is 13.8 Å². The minimum absolute atomic E-state index is 0.0430. The van der Waals surface area contributed by atoms with Crippen LogP contribution in [0, 0.1) is 0 Å². The summed E-state index contributed by atoms with van der Waals surface area (Å²) in [7, 11) is 0. The maximum absolute atomic E-state index is 12.7. The molecule has 0 aromatic heterocycles. The molecule has 1 aromatic rings. The maximum atomic E-state index is 12.7. The molecule has 1 atom stereocenters. The minimum Gasteiger partial charge on any atom is -0.481 e. The van der Waals surface area contributed by atoms with Crippen molar-refractivity contribution in [3.8, 4) is 0 Å². The topological polar surface area (TPSA) is 86.7 Å². The summed E-state index contributed by atoms with van der Waals surface area (Å²) < 4.78 is 0. The van der Waals surface area contributed by atoms with E-state index >= 15 is 0 Å². The Bertz CT molecular complexity index is 616. The lowest BCUT2D eigenvalue weighted by Crippen LogP contribution is -2.47. The number of amides is 2. The van der Waals surface area contributed by atoms with Gasteiger partial charge in [0.05, 0.1) is 12.5 Å². The molecule has 0 spiro atoms. The number of carboxylic acid groups (broad SMARTS) is 1. The van der Waals surface area contributed by atoms with Gasteiger partial charge >= 0.3 is 5.97 Å². The van der Waals surface area contributed by atoms with Gasteiger partial charge < -0.3 is 15.3 Å². The first-order chi connectivity index (χ1) is 11.4. The smallest absolute Gasteiger partial charge is 0.305 e. The zero-order chi connectivity index (χ0) is 17.7. The first kappa shape index (κ1) is 18.3. The standard InChI is InChI=1S/C17H22N2O4S/c1-11(2)18-16(22)12-3-5-13(6-4-12)17(23)19-7-8-24-10-14(19)9-15(20)21/h3-6,11,14H,7-10H2,1-2H3,(H,18,22)(H,20,21). The molecular formula is C17H22N2O4S. The molecule has 2 amide bonds. The van der Waals surface area contributed by atoms with Gasteiger partial charge in [-0.1, -0.05) is 0 Å². The summed E-state index contributed by atoms with van der Waals surface area (Å²) in [6, 6.07) is 6.24. The Balaban J connectivity index is 2.10. The van der Waals surface area contributed by atoms with E-state index in [1.54, 1.807) is 40.9 Å². The van der Waals surface area contributed by atoms with Crippen LogP contribution in [0.4, 0.5) is 0 Å². The van der Waals surface area contributed by atoms with Crippen LogP contribution in [0.25, 0.3) is 0 Å². The SMILES string of the molecule is CC(C)NC(=O)c1ccc(C(=O)N2CCSCC2CC(=O)O)cc1. The van der Waals surface area contributed by atoms with Crippen molar-refractivity contribution in [3.05, 3.63) is 35.4 Å². The van der Waals surface area contributed by atoms with Crippen LogP contribution in [-0.4, -0.2) is 57.9 Å². The van der Waals surface area contributed by atoms with Gasteiger partial charge in [-0.3, -0.25) is 14.4 Å². The molecule has 6 nitrogen and oxygen atoms in total. The van der Waals surface area contributed by atoms with E-state index in [-0.39, 0.29) is 30.3 Å². The molecule has 1 fully saturated rings. The summed E-state index contributed by atoms with van der Waals surface area (Å²) in [6.45, 7) is 4.30. The number of aliphatic carboxylic acids is 1. The summed E-state index contributed by atoms with van der Waals surface area (Å²) in [4.78, 5) is 37.2. The van der Waals surface area contributed by atoms with Crippen molar-refractivity contribution in [1.29, 1.82) is 0 Å². The van der Waals surface area contributed by atoms with Crippen molar-refractivity contribution in [2.75, 3.05) is 18.1 Å². The maximum Gasteiger partial charge on any atom is 0.305 e. The predicted molar refractivity (Wildman–Crippen MR) is 93.4 cm³/mol. The third kappa shape index (κ3) is 4.74. The molecule has 2 rings (SSSR count). The van der Waals surface area contributed by atoms with Crippen LogP contribution in [0.15, 0.2) is 24.3 Å². The number of benzene rings is 1. The quantitative estimate of drug-likeness (QED) is 0.846. The van der Waals surface area contributed by atoms with Crippen LogP contribution in [0.2, 0.25) is 0 Å². The number of hydrogen-bond donors (Lipinski definition) is 2. The molecule has 1 saturated heterocycles. The van der Waals surface area contributed by atoms with E-state index in [0.29, 0.717) is 23.4 Å². The lowest BCUT2D eigenvalue weighted by molar-refractivity contribution is -0.138. The molecule has 0 radical (unpaired) electrons. The second-order valence-electron chi connectivity index (χ2n) is 6.03. The van der Waals surface area contributed by atoms with Gasteiger partial charge in [0.15, 0.2) is 0 Å². The molecule has 1 heterocycles. The van der Waals surface area contributed by atoms with Crippen molar-refractivity contribution in [1.82, 2.24) is 10.2 Å². The summed E-state index contributed by atoms with van der Waals surface area (Å²) in [5.41, 5.74) is 0.968. The van der Waals surface area contributed by atoms with E-state index in [9.17, 15) is 14.4 Å². The summed E-state index contributed by atoms with van der Waals surface area (Å²) >= 11 is 1.66. The number of thioether (sulfide) groups is 1. The van der Waals surface area contributed by atoms with Gasteiger partial charge in [0, 0.05) is 35.2 Å². The monoisotopic (exact) mass is 350 g/mol. The van der Waals surface area contributed by atoms with Crippen LogP contribution in [0.5, 0.6) is 0 Å². The van der Waals surface area contributed by atoms with Crippen LogP contribution in [0.3, 0.4) is 0 Å². The third-order valence-corrected chi connectivity index (χ3v) is 4.80. The Morgan fingerprint density at radius 1 is 1.25 bits per heavy atom. The lowest BCUT2D eigenvalue weighted by atomic mass is 10.1. The summed E-state index contributed by atoms with van der Waals surface area (Å²) in [5.74, 6) is 0.171. The largest absolute Gasteiger partial charge is 0.481 e. The number of nitrogens with one attached hydrogen (secondary N) is 1. The lowest BCUT2D eigenvalue weighted by Gasteiger charge is -2.34. The normalized spacial score (nSPS) is 17.6. The van der Waals surface area contributed by atoms with Gasteiger partial charge in [-0.05, 0) is 38.1 Å². The minimum atomic E-state index is -0.902. The average molecular weight is 350 g/mol. The number of carbonyl (C=O) groups excluding carboxylic acids is 2. The molecule has 24 heavy (non-hydrogen) atoms. The van der Waals surface area contributed by atoms with Crippen LogP contribution in [0.1, 0.15) is 41.0 Å². The number of carbonyl (C=O) groups is 3. The zero-order valence-corrected chi connectivity index (χ0v) is 14.6. The number of nitrogens with zero attached hydrogens (tertiary/aromatic N) is 1. The number of rotatable bonds is 5. The van der Waals surface area contributed by atoms with Gasteiger partial charge in [0.2, 0.25) is 0 Å². The Kier molecular flexibility index (Phi) is 6.25. The van der Waals surface area contributed by atoms with Crippen molar-refractivity contribution in [3.63, 3.8) is 0 Å². The molecular weight excluding hydrogens is 328 g/mol. The third-order valence-electron chi connectivity index (χ3n) is 3.71. The highest BCUT2D eigenvalue weighted by Gasteiger charge is 2.29. The van der Waals surface area contributed by atoms with Crippen molar-refractivity contribution in [2.45, 2.75) is 32.4 Å². The van der Waals surface area contributed by atoms with Crippen LogP contribution < -0.4 is 5.32 Å². The van der Waals surface area contributed by atoms with Gasteiger partial charge in [-0.2, -0.15) is 11.8 Å². The highest BCUT2D eigenvalue weighted by Crippen LogP contribution is 2.21. The van der Waals surface area contributed by atoms with Gasteiger partial charge in [0.25, 0.3) is 11.8 Å². The van der Waals surface area contributed by atoms with E-state index in [1.165, 1.54) is 0 Å². The Morgan fingerprint density at radius 3 is 2.46 bits per heavy atom. The number of hydrogen-bond acceptors (Lipinski definition) is 4. The van der Waals surface area contributed by atoms with Crippen molar-refractivity contribution >= 4 is 29.5 Å². The fourth-order valence-electron chi connectivity index (χ4n) is 2.57. The Labute approximate surface area is 145 Å². The predicted octanol–water partition coefficient (Wildman–Crippen LogP) is 1.86. The van der Waals surface area contributed by atoms with Gasteiger partial charge in [0.1, 0.15) is 0 Å². The van der Waals surface area contributed by atoms with E-state index in [4.69, 9.17) is 5.11 Å². The second kappa shape index (κ2) is 8.19. The fraction of sp³-hybridized carbons (Fsp3) is 0.471. The molecule has 2 N–H and O–H groups in total. The summed E-state index contributed by atoms with van der Waals surface area (Å²) in [6.07, 6.45) is -0.0480. The summed E-state index contributed by atoms with van der Waals surface area (Å²) in [5, 5.41) is 11.8. The highest BCUT2D eigenvalue weighted by atomic mass is 32.2. The van der Waals surface area contributed by atoms with Gasteiger partial charge in [-0.25, -0.2) is 0 Å². The molecule has 1 unspecified atom stereocenters. The molecule has 1 aliphatic heterocycles. The molecule has 1 aromatic carbocycles. The molecule has 1 aliphatic rings.